The Morgan fingerprint density at radius 3 is 2.33 bits per heavy atom. The largest absolute Gasteiger partial charge is 0.480 e. The standard InChI is InChI=1S/C19H20ClN3.C16H18N2O4S/c20-16-9-7-15(8-10-16)13-23-18-6-2-1-5-17(18)21-19(23)14-22-11-3-4-12-22;1-16(2)12(15(21)22)18-13(20)11(14(18)23-16)17-10(19)8-9-6-4-3-5-7-9/h1-2,5-10H,3-4,11-14H2;3-7,11-12,14H,8H2,1-2H3,(H,17,19)(H,21,22)/t;11-,12+,14-/m.1/s1. The number of hydrogen-bond donors (Lipinski definition) is 2. The molecule has 0 spiro atoms. The summed E-state index contributed by atoms with van der Waals surface area (Å²) in [7, 11) is 0. The molecule has 0 aliphatic carbocycles. The van der Waals surface area contributed by atoms with Gasteiger partial charge in [0, 0.05) is 16.3 Å². The van der Waals surface area contributed by atoms with Crippen LogP contribution in [0.15, 0.2) is 78.9 Å². The third-order valence-corrected chi connectivity index (χ3v) is 10.6. The fourth-order valence-corrected chi connectivity index (χ4v) is 8.24. The van der Waals surface area contributed by atoms with Gasteiger partial charge in [-0.15, -0.1) is 11.8 Å². The minimum atomic E-state index is -1.01. The van der Waals surface area contributed by atoms with Gasteiger partial charge in [-0.25, -0.2) is 9.78 Å². The first-order chi connectivity index (χ1) is 22.1. The summed E-state index contributed by atoms with van der Waals surface area (Å²) in [6.45, 7) is 7.76. The molecule has 0 saturated carbocycles. The van der Waals surface area contributed by atoms with Gasteiger partial charge in [0.2, 0.25) is 11.8 Å². The number of aromatic nitrogens is 2. The average molecular weight is 660 g/mol. The van der Waals surface area contributed by atoms with E-state index in [2.05, 4.69) is 51.2 Å². The van der Waals surface area contributed by atoms with Crippen LogP contribution in [-0.4, -0.2) is 77.5 Å². The van der Waals surface area contributed by atoms with Crippen LogP contribution >= 0.6 is 23.4 Å². The van der Waals surface area contributed by atoms with Gasteiger partial charge in [-0.1, -0.05) is 66.2 Å². The molecule has 240 valence electrons. The van der Waals surface area contributed by atoms with Gasteiger partial charge in [0.25, 0.3) is 0 Å². The number of hydrogen-bond acceptors (Lipinski definition) is 6. The third kappa shape index (κ3) is 6.79. The molecule has 7 rings (SSSR count). The zero-order chi connectivity index (χ0) is 32.4. The van der Waals surface area contributed by atoms with Crippen LogP contribution in [0.1, 0.15) is 43.6 Å². The quantitative estimate of drug-likeness (QED) is 0.251. The maximum Gasteiger partial charge on any atom is 0.327 e. The molecule has 2 N–H and O–H groups in total. The number of benzene rings is 3. The van der Waals surface area contributed by atoms with E-state index < -0.39 is 22.8 Å². The van der Waals surface area contributed by atoms with E-state index in [1.54, 1.807) is 0 Å². The van der Waals surface area contributed by atoms with E-state index in [1.165, 1.54) is 53.7 Å². The number of nitrogens with one attached hydrogen (secondary N) is 1. The molecule has 3 saturated heterocycles. The van der Waals surface area contributed by atoms with Gasteiger partial charge in [-0.05, 0) is 75.2 Å². The van der Waals surface area contributed by atoms with Crippen LogP contribution in [0.25, 0.3) is 11.0 Å². The Hall–Kier alpha value is -3.86. The monoisotopic (exact) mass is 659 g/mol. The zero-order valence-corrected chi connectivity index (χ0v) is 27.5. The van der Waals surface area contributed by atoms with E-state index in [9.17, 15) is 19.5 Å². The molecule has 46 heavy (non-hydrogen) atoms. The highest BCUT2D eigenvalue weighted by Crippen LogP contribution is 2.50. The van der Waals surface area contributed by atoms with Gasteiger partial charge in [-0.2, -0.15) is 0 Å². The van der Waals surface area contributed by atoms with Gasteiger partial charge >= 0.3 is 5.97 Å². The number of nitrogens with zero attached hydrogens (tertiary/aromatic N) is 4. The molecule has 0 bridgehead atoms. The molecular formula is C35H38ClN5O4S. The molecule has 2 amide bonds. The number of β-lactam (4-membered cyclic amide) rings is 1. The van der Waals surface area contributed by atoms with Gasteiger partial charge in [0.15, 0.2) is 0 Å². The SMILES string of the molecule is CC1(C)S[C@@H]2[C@H](NC(=O)Cc3ccccc3)C(=O)N2[C@H]1C(=O)O.Clc1ccc(Cn2c(CN3CCCC3)nc3ccccc32)cc1. The predicted molar refractivity (Wildman–Crippen MR) is 181 cm³/mol. The van der Waals surface area contributed by atoms with Gasteiger partial charge < -0.3 is 19.9 Å². The Morgan fingerprint density at radius 2 is 1.63 bits per heavy atom. The van der Waals surface area contributed by atoms with Crippen molar-refractivity contribution < 1.29 is 19.5 Å². The van der Waals surface area contributed by atoms with Crippen LogP contribution in [-0.2, 0) is 33.9 Å². The van der Waals surface area contributed by atoms with Crippen LogP contribution < -0.4 is 5.32 Å². The zero-order valence-electron chi connectivity index (χ0n) is 25.9. The van der Waals surface area contributed by atoms with Crippen molar-refractivity contribution in [3.63, 3.8) is 0 Å². The molecule has 1 aromatic heterocycles. The van der Waals surface area contributed by atoms with Crippen molar-refractivity contribution in [1.29, 1.82) is 0 Å². The van der Waals surface area contributed by atoms with E-state index in [-0.39, 0.29) is 23.6 Å². The van der Waals surface area contributed by atoms with Crippen molar-refractivity contribution in [2.75, 3.05) is 13.1 Å². The highest BCUT2D eigenvalue weighted by atomic mass is 35.5. The highest BCUT2D eigenvalue weighted by molar-refractivity contribution is 8.01. The van der Waals surface area contributed by atoms with Crippen molar-refractivity contribution in [2.24, 2.45) is 0 Å². The van der Waals surface area contributed by atoms with Crippen molar-refractivity contribution >= 4 is 52.2 Å². The van der Waals surface area contributed by atoms with Crippen LogP contribution in [0.3, 0.4) is 0 Å². The Labute approximate surface area is 277 Å². The van der Waals surface area contributed by atoms with Crippen LogP contribution in [0.5, 0.6) is 0 Å². The number of carboxylic acids is 1. The number of halogens is 1. The number of fused-ring (bicyclic) bond motifs is 2. The van der Waals surface area contributed by atoms with E-state index in [1.807, 2.05) is 56.3 Å². The maximum absolute atomic E-state index is 12.3. The first-order valence-electron chi connectivity index (χ1n) is 15.6. The average Bonchev–Trinajstić information content (AvgIpc) is 3.73. The van der Waals surface area contributed by atoms with E-state index >= 15 is 0 Å². The van der Waals surface area contributed by atoms with E-state index in [0.717, 1.165) is 35.0 Å². The second-order valence-electron chi connectivity index (χ2n) is 12.5. The summed E-state index contributed by atoms with van der Waals surface area (Å²) in [5, 5.41) is 12.6. The lowest BCUT2D eigenvalue weighted by Gasteiger charge is -2.43. The van der Waals surface area contributed by atoms with Crippen molar-refractivity contribution in [2.45, 2.75) is 68.4 Å². The lowest BCUT2D eigenvalue weighted by atomic mass is 9.96. The van der Waals surface area contributed by atoms with Gasteiger partial charge in [0.1, 0.15) is 23.3 Å². The molecule has 11 heteroatoms. The molecule has 3 aliphatic rings. The number of carbonyl (C=O) groups excluding carboxylic acids is 2. The molecule has 3 atom stereocenters. The Balaban J connectivity index is 0.000000162. The van der Waals surface area contributed by atoms with Crippen LogP contribution in [0.4, 0.5) is 0 Å². The lowest BCUT2D eigenvalue weighted by molar-refractivity contribution is -0.161. The number of amides is 2. The number of para-hydroxylation sites is 2. The molecular weight excluding hydrogens is 622 g/mol. The van der Waals surface area contributed by atoms with Gasteiger partial charge in [0.05, 0.1) is 24.0 Å². The predicted octanol–water partition coefficient (Wildman–Crippen LogP) is 5.19. The Morgan fingerprint density at radius 1 is 0.957 bits per heavy atom. The number of likely N-dealkylation sites (tertiary alicyclic amines) is 1. The summed E-state index contributed by atoms with van der Waals surface area (Å²) >= 11 is 7.43. The van der Waals surface area contributed by atoms with Crippen molar-refractivity contribution in [1.82, 2.24) is 24.7 Å². The number of carboxylic acid groups (broad SMARTS) is 1. The van der Waals surface area contributed by atoms with Crippen LogP contribution in [0.2, 0.25) is 5.02 Å². The minimum Gasteiger partial charge on any atom is -0.480 e. The Kier molecular flexibility index (Phi) is 9.40. The second-order valence-corrected chi connectivity index (χ2v) is 14.7. The number of imidazole rings is 1. The topological polar surface area (TPSA) is 108 Å². The fourth-order valence-electron chi connectivity index (χ4n) is 6.49. The number of rotatable bonds is 8. The first kappa shape index (κ1) is 32.1. The van der Waals surface area contributed by atoms with Crippen molar-refractivity contribution in [3.05, 3.63) is 101 Å². The lowest BCUT2D eigenvalue weighted by Crippen LogP contribution is -2.70. The molecule has 3 aromatic carbocycles. The summed E-state index contributed by atoms with van der Waals surface area (Å²) < 4.78 is 1.77. The number of aliphatic carboxylic acids is 1. The van der Waals surface area contributed by atoms with E-state index in [4.69, 9.17) is 16.6 Å². The molecule has 0 radical (unpaired) electrons. The molecule has 4 aromatic rings. The molecule has 0 unspecified atom stereocenters. The fraction of sp³-hybridized carbons (Fsp3) is 0.371. The second kappa shape index (κ2) is 13.5. The summed E-state index contributed by atoms with van der Waals surface area (Å²) in [5.74, 6) is -0.399. The number of carbonyl (C=O) groups is 3. The summed E-state index contributed by atoms with van der Waals surface area (Å²) in [4.78, 5) is 44.6. The first-order valence-corrected chi connectivity index (χ1v) is 16.8. The molecule has 4 heterocycles. The summed E-state index contributed by atoms with van der Waals surface area (Å²) in [6.07, 6.45) is 2.81. The third-order valence-electron chi connectivity index (χ3n) is 8.75. The van der Waals surface area contributed by atoms with Crippen molar-refractivity contribution in [3.8, 4) is 0 Å². The summed E-state index contributed by atoms with van der Waals surface area (Å²) in [5.41, 5.74) is 4.41. The van der Waals surface area contributed by atoms with Gasteiger partial charge in [-0.3, -0.25) is 14.5 Å². The Bertz CT molecular complexity index is 1720. The van der Waals surface area contributed by atoms with E-state index in [0.29, 0.717) is 0 Å². The van der Waals surface area contributed by atoms with Crippen LogP contribution in [0, 0.1) is 0 Å². The minimum absolute atomic E-state index is 0.202. The molecule has 3 fully saturated rings. The summed E-state index contributed by atoms with van der Waals surface area (Å²) in [6, 6.07) is 24.3. The molecule has 9 nitrogen and oxygen atoms in total. The molecule has 3 aliphatic heterocycles. The number of thioether (sulfide) groups is 1. The smallest absolute Gasteiger partial charge is 0.327 e. The maximum atomic E-state index is 12.3. The normalized spacial score (nSPS) is 21.8. The highest BCUT2D eigenvalue weighted by Gasteiger charge is 2.64.